The highest BCUT2D eigenvalue weighted by Gasteiger charge is 2.07. The van der Waals surface area contributed by atoms with E-state index >= 15 is 0 Å². The summed E-state index contributed by atoms with van der Waals surface area (Å²) in [5.41, 5.74) is 1.25. The predicted octanol–water partition coefficient (Wildman–Crippen LogP) is 4.16. The van der Waals surface area contributed by atoms with Gasteiger partial charge in [-0.15, -0.1) is 0 Å². The van der Waals surface area contributed by atoms with Gasteiger partial charge in [0.2, 0.25) is 0 Å². The Balaban J connectivity index is 2.74. The molecule has 0 radical (unpaired) electrons. The SMILES string of the molecule is CCCNC(C)c1ccc(Cl)cc1Br. The zero-order valence-electron chi connectivity index (χ0n) is 8.48. The van der Waals surface area contributed by atoms with Crippen molar-refractivity contribution >= 4 is 27.5 Å². The van der Waals surface area contributed by atoms with E-state index in [0.29, 0.717) is 6.04 Å². The molecule has 1 N–H and O–H groups in total. The summed E-state index contributed by atoms with van der Waals surface area (Å²) < 4.78 is 1.07. The van der Waals surface area contributed by atoms with Gasteiger partial charge in [0.15, 0.2) is 0 Å². The molecular weight excluding hydrogens is 261 g/mol. The minimum Gasteiger partial charge on any atom is -0.310 e. The lowest BCUT2D eigenvalue weighted by molar-refractivity contribution is 0.569. The zero-order valence-corrected chi connectivity index (χ0v) is 10.8. The molecule has 0 bridgehead atoms. The van der Waals surface area contributed by atoms with Crippen molar-refractivity contribution in [2.45, 2.75) is 26.3 Å². The van der Waals surface area contributed by atoms with Crippen molar-refractivity contribution in [3.63, 3.8) is 0 Å². The molecule has 0 heterocycles. The molecule has 0 aromatic heterocycles. The number of hydrogen-bond acceptors (Lipinski definition) is 1. The van der Waals surface area contributed by atoms with Gasteiger partial charge in [-0.1, -0.05) is 40.5 Å². The Morgan fingerprint density at radius 2 is 2.21 bits per heavy atom. The number of nitrogens with one attached hydrogen (secondary N) is 1. The topological polar surface area (TPSA) is 12.0 Å². The van der Waals surface area contributed by atoms with Crippen LogP contribution in [0, 0.1) is 0 Å². The third-order valence-corrected chi connectivity index (χ3v) is 3.05. The minimum atomic E-state index is 0.363. The highest BCUT2D eigenvalue weighted by Crippen LogP contribution is 2.26. The van der Waals surface area contributed by atoms with Crippen molar-refractivity contribution in [2.24, 2.45) is 0 Å². The fourth-order valence-electron chi connectivity index (χ4n) is 1.32. The van der Waals surface area contributed by atoms with Crippen LogP contribution in [0.25, 0.3) is 0 Å². The molecule has 0 spiro atoms. The van der Waals surface area contributed by atoms with Gasteiger partial charge in [-0.3, -0.25) is 0 Å². The Hall–Kier alpha value is -0.0500. The highest BCUT2D eigenvalue weighted by molar-refractivity contribution is 9.10. The van der Waals surface area contributed by atoms with Gasteiger partial charge in [0, 0.05) is 15.5 Å². The number of halogens is 2. The maximum absolute atomic E-state index is 5.88. The molecule has 1 aromatic carbocycles. The molecule has 1 rings (SSSR count). The standard InChI is InChI=1S/C11H15BrClN/c1-3-6-14-8(2)10-5-4-9(13)7-11(10)12/h4-5,7-8,14H,3,6H2,1-2H3. The average Bonchev–Trinajstić information content (AvgIpc) is 2.14. The summed E-state index contributed by atoms with van der Waals surface area (Å²) in [6.07, 6.45) is 1.15. The smallest absolute Gasteiger partial charge is 0.0417 e. The Bertz CT molecular complexity index is 301. The van der Waals surface area contributed by atoms with Crippen molar-refractivity contribution in [1.29, 1.82) is 0 Å². The van der Waals surface area contributed by atoms with E-state index in [2.05, 4.69) is 41.2 Å². The van der Waals surface area contributed by atoms with Crippen LogP contribution in [0.2, 0.25) is 5.02 Å². The summed E-state index contributed by atoms with van der Waals surface area (Å²) in [5, 5.41) is 4.20. The van der Waals surface area contributed by atoms with Gasteiger partial charge in [0.1, 0.15) is 0 Å². The Morgan fingerprint density at radius 3 is 2.79 bits per heavy atom. The van der Waals surface area contributed by atoms with Gasteiger partial charge < -0.3 is 5.32 Å². The monoisotopic (exact) mass is 275 g/mol. The van der Waals surface area contributed by atoms with Gasteiger partial charge in [-0.05, 0) is 37.6 Å². The number of rotatable bonds is 4. The maximum atomic E-state index is 5.88. The van der Waals surface area contributed by atoms with Crippen LogP contribution in [-0.4, -0.2) is 6.54 Å². The van der Waals surface area contributed by atoms with E-state index in [4.69, 9.17) is 11.6 Å². The summed E-state index contributed by atoms with van der Waals surface area (Å²) >= 11 is 9.39. The van der Waals surface area contributed by atoms with Gasteiger partial charge >= 0.3 is 0 Å². The third-order valence-electron chi connectivity index (χ3n) is 2.13. The molecule has 14 heavy (non-hydrogen) atoms. The predicted molar refractivity (Wildman–Crippen MR) is 65.9 cm³/mol. The molecule has 0 amide bonds. The van der Waals surface area contributed by atoms with E-state index < -0.39 is 0 Å². The second-order valence-electron chi connectivity index (χ2n) is 3.34. The molecule has 0 saturated heterocycles. The van der Waals surface area contributed by atoms with Crippen LogP contribution >= 0.6 is 27.5 Å². The highest BCUT2D eigenvalue weighted by atomic mass is 79.9. The van der Waals surface area contributed by atoms with Crippen molar-refractivity contribution in [3.8, 4) is 0 Å². The molecule has 0 fully saturated rings. The quantitative estimate of drug-likeness (QED) is 0.870. The molecule has 0 aliphatic carbocycles. The average molecular weight is 277 g/mol. The van der Waals surface area contributed by atoms with E-state index in [1.807, 2.05) is 12.1 Å². The van der Waals surface area contributed by atoms with E-state index in [9.17, 15) is 0 Å². The second kappa shape index (κ2) is 5.74. The van der Waals surface area contributed by atoms with Crippen LogP contribution in [0.4, 0.5) is 0 Å². The fraction of sp³-hybridized carbons (Fsp3) is 0.455. The summed E-state index contributed by atoms with van der Waals surface area (Å²) in [6.45, 7) is 5.36. The summed E-state index contributed by atoms with van der Waals surface area (Å²) in [7, 11) is 0. The summed E-state index contributed by atoms with van der Waals surface area (Å²) in [6, 6.07) is 6.27. The van der Waals surface area contributed by atoms with Crippen LogP contribution in [0.1, 0.15) is 31.9 Å². The van der Waals surface area contributed by atoms with Crippen molar-refractivity contribution in [2.75, 3.05) is 6.54 Å². The van der Waals surface area contributed by atoms with Gasteiger partial charge in [-0.2, -0.15) is 0 Å². The minimum absolute atomic E-state index is 0.363. The first-order valence-corrected chi connectivity index (χ1v) is 6.00. The molecule has 1 unspecified atom stereocenters. The van der Waals surface area contributed by atoms with Gasteiger partial charge in [0.25, 0.3) is 0 Å². The van der Waals surface area contributed by atoms with E-state index in [0.717, 1.165) is 22.5 Å². The van der Waals surface area contributed by atoms with E-state index in [1.54, 1.807) is 0 Å². The lowest BCUT2D eigenvalue weighted by Crippen LogP contribution is -2.19. The molecule has 0 aliphatic heterocycles. The molecule has 1 atom stereocenters. The van der Waals surface area contributed by atoms with Crippen molar-refractivity contribution in [3.05, 3.63) is 33.3 Å². The number of benzene rings is 1. The molecule has 0 aliphatic rings. The normalized spacial score (nSPS) is 12.9. The Labute approximate surface area is 99.0 Å². The summed E-state index contributed by atoms with van der Waals surface area (Å²) in [4.78, 5) is 0. The van der Waals surface area contributed by atoms with E-state index in [-0.39, 0.29) is 0 Å². The Morgan fingerprint density at radius 1 is 1.50 bits per heavy atom. The van der Waals surface area contributed by atoms with Crippen LogP contribution < -0.4 is 5.32 Å². The summed E-state index contributed by atoms with van der Waals surface area (Å²) in [5.74, 6) is 0. The zero-order chi connectivity index (χ0) is 10.6. The fourth-order valence-corrected chi connectivity index (χ4v) is 2.35. The van der Waals surface area contributed by atoms with Crippen molar-refractivity contribution in [1.82, 2.24) is 5.32 Å². The first-order chi connectivity index (χ1) is 6.65. The van der Waals surface area contributed by atoms with Crippen LogP contribution in [-0.2, 0) is 0 Å². The number of hydrogen-bond donors (Lipinski definition) is 1. The Kier molecular flexibility index (Phi) is 4.93. The molecule has 1 aromatic rings. The van der Waals surface area contributed by atoms with E-state index in [1.165, 1.54) is 5.56 Å². The third kappa shape index (κ3) is 3.26. The lowest BCUT2D eigenvalue weighted by atomic mass is 10.1. The van der Waals surface area contributed by atoms with Gasteiger partial charge in [0.05, 0.1) is 0 Å². The first kappa shape index (κ1) is 12.0. The molecular formula is C11H15BrClN. The van der Waals surface area contributed by atoms with Crippen molar-refractivity contribution < 1.29 is 0 Å². The molecule has 0 saturated carbocycles. The maximum Gasteiger partial charge on any atom is 0.0417 e. The molecule has 78 valence electrons. The largest absolute Gasteiger partial charge is 0.310 e. The van der Waals surface area contributed by atoms with Gasteiger partial charge in [-0.25, -0.2) is 0 Å². The second-order valence-corrected chi connectivity index (χ2v) is 4.63. The molecule has 1 nitrogen and oxygen atoms in total. The first-order valence-electron chi connectivity index (χ1n) is 4.83. The van der Waals surface area contributed by atoms with Crippen LogP contribution in [0.3, 0.4) is 0 Å². The van der Waals surface area contributed by atoms with Crippen LogP contribution in [0.5, 0.6) is 0 Å². The van der Waals surface area contributed by atoms with Crippen LogP contribution in [0.15, 0.2) is 22.7 Å². The molecule has 3 heteroatoms. The lowest BCUT2D eigenvalue weighted by Gasteiger charge is -2.15.